The van der Waals surface area contributed by atoms with E-state index in [2.05, 4.69) is 64.3 Å². The average molecular weight is 469 g/mol. The van der Waals surface area contributed by atoms with Crippen LogP contribution in [0.4, 0.5) is 11.6 Å². The van der Waals surface area contributed by atoms with Gasteiger partial charge < -0.3 is 10.6 Å². The summed E-state index contributed by atoms with van der Waals surface area (Å²) in [4.78, 5) is 9.57. The van der Waals surface area contributed by atoms with E-state index >= 15 is 0 Å². The van der Waals surface area contributed by atoms with E-state index in [-0.39, 0.29) is 0 Å². The normalized spacial score (nSPS) is 11.0. The maximum atomic E-state index is 6.11. The standard InChI is InChI=1S/C27H25ClN6/c28-23-13-11-22(12-14-23)25-32-27(30-18-16-21-9-5-2-6-10-21)33-26-24(19-31-34(25)26)29-17-15-20-7-3-1-4-8-20/h1-14,19,29H,15-18H2,(H,30,33). The molecule has 6 nitrogen and oxygen atoms in total. The minimum Gasteiger partial charge on any atom is -0.380 e. The van der Waals surface area contributed by atoms with Crippen LogP contribution in [0.1, 0.15) is 11.1 Å². The van der Waals surface area contributed by atoms with Crippen LogP contribution in [-0.2, 0) is 12.8 Å². The van der Waals surface area contributed by atoms with Gasteiger partial charge in [0.05, 0.1) is 6.20 Å². The fourth-order valence-corrected chi connectivity index (χ4v) is 3.94. The number of hydrogen-bond donors (Lipinski definition) is 2. The summed E-state index contributed by atoms with van der Waals surface area (Å²) in [6, 6.07) is 28.4. The molecule has 0 fully saturated rings. The van der Waals surface area contributed by atoms with Crippen molar-refractivity contribution in [3.05, 3.63) is 107 Å². The molecule has 0 bridgehead atoms. The zero-order valence-electron chi connectivity index (χ0n) is 18.7. The summed E-state index contributed by atoms with van der Waals surface area (Å²) in [5.41, 5.74) is 5.07. The van der Waals surface area contributed by atoms with Crippen LogP contribution in [0.15, 0.2) is 91.1 Å². The first-order valence-electron chi connectivity index (χ1n) is 11.3. The molecule has 0 saturated heterocycles. The molecule has 0 atom stereocenters. The second-order valence-electron chi connectivity index (χ2n) is 8.00. The molecule has 2 heterocycles. The molecule has 0 aliphatic heterocycles. The Kier molecular flexibility index (Phi) is 6.68. The number of anilines is 2. The Morgan fingerprint density at radius 3 is 1.97 bits per heavy atom. The minimum atomic E-state index is 0.569. The lowest BCUT2D eigenvalue weighted by Gasteiger charge is -2.10. The van der Waals surface area contributed by atoms with Gasteiger partial charge in [0, 0.05) is 23.7 Å². The van der Waals surface area contributed by atoms with Gasteiger partial charge in [0.25, 0.3) is 0 Å². The summed E-state index contributed by atoms with van der Waals surface area (Å²) in [5.74, 6) is 1.28. The van der Waals surface area contributed by atoms with Crippen molar-refractivity contribution < 1.29 is 0 Å². The van der Waals surface area contributed by atoms with Gasteiger partial charge in [-0.15, -0.1) is 0 Å². The van der Waals surface area contributed by atoms with E-state index in [0.29, 0.717) is 16.8 Å². The van der Waals surface area contributed by atoms with Crippen molar-refractivity contribution in [3.63, 3.8) is 0 Å². The van der Waals surface area contributed by atoms with Crippen LogP contribution in [0.3, 0.4) is 0 Å². The SMILES string of the molecule is Clc1ccc(-c2nc(NCCc3ccccc3)nc3c(NCCc4ccccc4)cnn23)cc1. The topological polar surface area (TPSA) is 67.1 Å². The van der Waals surface area contributed by atoms with Gasteiger partial charge in [-0.3, -0.25) is 0 Å². The first-order chi connectivity index (χ1) is 16.8. The lowest BCUT2D eigenvalue weighted by Crippen LogP contribution is -2.11. The summed E-state index contributed by atoms with van der Waals surface area (Å²) >= 11 is 6.11. The number of nitrogens with one attached hydrogen (secondary N) is 2. The molecule has 5 aromatic rings. The monoisotopic (exact) mass is 468 g/mol. The molecule has 2 aromatic heterocycles. The second kappa shape index (κ2) is 10.4. The van der Waals surface area contributed by atoms with E-state index < -0.39 is 0 Å². The summed E-state index contributed by atoms with van der Waals surface area (Å²) in [6.07, 6.45) is 3.60. The number of hydrogen-bond acceptors (Lipinski definition) is 5. The molecule has 0 amide bonds. The highest BCUT2D eigenvalue weighted by molar-refractivity contribution is 6.30. The molecule has 0 saturated carbocycles. The quantitative estimate of drug-likeness (QED) is 0.288. The van der Waals surface area contributed by atoms with Crippen LogP contribution in [-0.4, -0.2) is 32.7 Å². The van der Waals surface area contributed by atoms with Gasteiger partial charge in [-0.25, -0.2) is 0 Å². The van der Waals surface area contributed by atoms with E-state index in [1.54, 1.807) is 4.52 Å². The maximum absolute atomic E-state index is 6.11. The third-order valence-electron chi connectivity index (χ3n) is 5.58. The van der Waals surface area contributed by atoms with Gasteiger partial charge in [-0.2, -0.15) is 19.6 Å². The Balaban J connectivity index is 1.41. The Morgan fingerprint density at radius 2 is 1.32 bits per heavy atom. The summed E-state index contributed by atoms with van der Waals surface area (Å²) in [5, 5.41) is 12.1. The third-order valence-corrected chi connectivity index (χ3v) is 5.83. The minimum absolute atomic E-state index is 0.569. The van der Waals surface area contributed by atoms with Gasteiger partial charge >= 0.3 is 0 Å². The van der Waals surface area contributed by atoms with Gasteiger partial charge in [-0.05, 0) is 48.2 Å². The lowest BCUT2D eigenvalue weighted by molar-refractivity contribution is 0.894. The zero-order chi connectivity index (χ0) is 23.2. The van der Waals surface area contributed by atoms with Crippen LogP contribution < -0.4 is 10.6 Å². The molecule has 7 heteroatoms. The van der Waals surface area contributed by atoms with Crippen molar-refractivity contribution >= 4 is 28.9 Å². The first-order valence-corrected chi connectivity index (χ1v) is 11.7. The Morgan fingerprint density at radius 1 is 0.706 bits per heavy atom. The van der Waals surface area contributed by atoms with Crippen LogP contribution in [0.25, 0.3) is 17.0 Å². The zero-order valence-corrected chi connectivity index (χ0v) is 19.4. The molecule has 0 unspecified atom stereocenters. The van der Waals surface area contributed by atoms with Crippen molar-refractivity contribution in [2.24, 2.45) is 0 Å². The fraction of sp³-hybridized carbons (Fsp3) is 0.148. The molecular weight excluding hydrogens is 444 g/mol. The highest BCUT2D eigenvalue weighted by Crippen LogP contribution is 2.25. The van der Waals surface area contributed by atoms with Gasteiger partial charge in [-0.1, -0.05) is 72.3 Å². The van der Waals surface area contributed by atoms with Crippen molar-refractivity contribution in [2.45, 2.75) is 12.8 Å². The predicted molar refractivity (Wildman–Crippen MR) is 138 cm³/mol. The van der Waals surface area contributed by atoms with Gasteiger partial charge in [0.15, 0.2) is 11.5 Å². The van der Waals surface area contributed by atoms with Crippen LogP contribution in [0, 0.1) is 0 Å². The molecule has 34 heavy (non-hydrogen) atoms. The highest BCUT2D eigenvalue weighted by Gasteiger charge is 2.14. The van der Waals surface area contributed by atoms with Crippen LogP contribution in [0.2, 0.25) is 5.02 Å². The Hall–Kier alpha value is -3.90. The van der Waals surface area contributed by atoms with E-state index in [4.69, 9.17) is 21.6 Å². The molecule has 5 rings (SSSR count). The van der Waals surface area contributed by atoms with Gasteiger partial charge in [0.1, 0.15) is 5.69 Å². The maximum Gasteiger partial charge on any atom is 0.226 e. The van der Waals surface area contributed by atoms with E-state index in [9.17, 15) is 0 Å². The highest BCUT2D eigenvalue weighted by atomic mass is 35.5. The smallest absolute Gasteiger partial charge is 0.226 e. The average Bonchev–Trinajstić information content (AvgIpc) is 3.28. The molecule has 3 aromatic carbocycles. The molecule has 0 aliphatic rings. The van der Waals surface area contributed by atoms with Crippen molar-refractivity contribution in [3.8, 4) is 11.4 Å². The fourth-order valence-electron chi connectivity index (χ4n) is 3.82. The molecule has 0 spiro atoms. The number of nitrogens with zero attached hydrogens (tertiary/aromatic N) is 4. The Bertz CT molecular complexity index is 1350. The van der Waals surface area contributed by atoms with Crippen LogP contribution in [0.5, 0.6) is 0 Å². The number of fused-ring (bicyclic) bond motifs is 1. The predicted octanol–water partition coefficient (Wildman–Crippen LogP) is 5.75. The number of benzene rings is 3. The number of rotatable bonds is 9. The van der Waals surface area contributed by atoms with Crippen molar-refractivity contribution in [1.82, 2.24) is 19.6 Å². The molecule has 0 aliphatic carbocycles. The van der Waals surface area contributed by atoms with Gasteiger partial charge in [0.2, 0.25) is 5.95 Å². The van der Waals surface area contributed by atoms with Crippen LogP contribution >= 0.6 is 11.6 Å². The number of aromatic nitrogens is 4. The number of halogens is 1. The molecule has 170 valence electrons. The lowest BCUT2D eigenvalue weighted by atomic mass is 10.1. The molecule has 0 radical (unpaired) electrons. The summed E-state index contributed by atoms with van der Waals surface area (Å²) < 4.78 is 1.77. The van der Waals surface area contributed by atoms with E-state index in [0.717, 1.165) is 42.8 Å². The summed E-state index contributed by atoms with van der Waals surface area (Å²) in [6.45, 7) is 1.51. The summed E-state index contributed by atoms with van der Waals surface area (Å²) in [7, 11) is 0. The Labute approximate surface area is 203 Å². The first kappa shape index (κ1) is 21.9. The van der Waals surface area contributed by atoms with E-state index in [1.807, 2.05) is 42.6 Å². The largest absolute Gasteiger partial charge is 0.380 e. The molecule has 2 N–H and O–H groups in total. The third kappa shape index (κ3) is 5.18. The van der Waals surface area contributed by atoms with E-state index in [1.165, 1.54) is 11.1 Å². The van der Waals surface area contributed by atoms with Crippen molar-refractivity contribution in [1.29, 1.82) is 0 Å². The molecular formula is C27H25ClN6. The second-order valence-corrected chi connectivity index (χ2v) is 8.43. The van der Waals surface area contributed by atoms with Crippen molar-refractivity contribution in [2.75, 3.05) is 23.7 Å².